The van der Waals surface area contributed by atoms with E-state index in [1.165, 1.54) is 28.2 Å². The van der Waals surface area contributed by atoms with Crippen molar-refractivity contribution < 1.29 is 0 Å². The van der Waals surface area contributed by atoms with E-state index in [4.69, 9.17) is 0 Å². The minimum atomic E-state index is 0.575. The highest BCUT2D eigenvalue weighted by Crippen LogP contribution is 2.39. The summed E-state index contributed by atoms with van der Waals surface area (Å²) in [4.78, 5) is 1.52. The molecule has 0 spiro atoms. The third kappa shape index (κ3) is 2.06. The highest BCUT2D eigenvalue weighted by atomic mass is 32.2. The fourth-order valence-corrected chi connectivity index (χ4v) is 3.62. The summed E-state index contributed by atoms with van der Waals surface area (Å²) in [7, 11) is 0. The van der Waals surface area contributed by atoms with E-state index in [-0.39, 0.29) is 0 Å². The number of hydrogen-bond donors (Lipinski definition) is 1. The van der Waals surface area contributed by atoms with Crippen LogP contribution >= 0.6 is 11.8 Å². The normalized spacial score (nSPS) is 20.1. The van der Waals surface area contributed by atoms with Crippen molar-refractivity contribution >= 4 is 11.8 Å². The first-order chi connectivity index (χ1) is 7.24. The maximum Gasteiger partial charge on any atom is 0.0341 e. The molecule has 1 heterocycles. The lowest BCUT2D eigenvalue weighted by atomic mass is 9.96. The van der Waals surface area contributed by atoms with Crippen LogP contribution in [-0.4, -0.2) is 12.3 Å². The van der Waals surface area contributed by atoms with Crippen LogP contribution in [0.2, 0.25) is 0 Å². The van der Waals surface area contributed by atoms with E-state index < -0.39 is 0 Å². The Bertz CT molecular complexity index is 360. The number of hydrogen-bond acceptors (Lipinski definition) is 2. The number of nitrogens with one attached hydrogen (secondary N) is 1. The number of aryl methyl sites for hydroxylation is 2. The summed E-state index contributed by atoms with van der Waals surface area (Å²) >= 11 is 2.02. The van der Waals surface area contributed by atoms with Gasteiger partial charge in [-0.25, -0.2) is 0 Å². The molecule has 0 amide bonds. The first kappa shape index (κ1) is 11.0. The quantitative estimate of drug-likeness (QED) is 0.821. The largest absolute Gasteiger partial charge is 0.310 e. The molecule has 0 aliphatic carbocycles. The number of fused-ring (bicyclic) bond motifs is 1. The molecule has 0 radical (unpaired) electrons. The topological polar surface area (TPSA) is 12.0 Å². The molecule has 0 fully saturated rings. The Hall–Kier alpha value is -0.470. The van der Waals surface area contributed by atoms with Crippen molar-refractivity contribution in [3.63, 3.8) is 0 Å². The summed E-state index contributed by atoms with van der Waals surface area (Å²) in [6.45, 7) is 7.70. The van der Waals surface area contributed by atoms with Gasteiger partial charge in [0.1, 0.15) is 0 Å². The zero-order valence-electron chi connectivity index (χ0n) is 9.76. The fourth-order valence-electron chi connectivity index (χ4n) is 2.31. The van der Waals surface area contributed by atoms with Gasteiger partial charge in [0.25, 0.3) is 0 Å². The van der Waals surface area contributed by atoms with E-state index in [9.17, 15) is 0 Å². The van der Waals surface area contributed by atoms with E-state index in [1.807, 2.05) is 11.8 Å². The molecule has 0 aromatic heterocycles. The van der Waals surface area contributed by atoms with Crippen LogP contribution in [-0.2, 0) is 0 Å². The van der Waals surface area contributed by atoms with Crippen molar-refractivity contribution in [2.24, 2.45) is 0 Å². The third-order valence-corrected chi connectivity index (χ3v) is 4.33. The second kappa shape index (κ2) is 4.58. The van der Waals surface area contributed by atoms with Gasteiger partial charge in [0.2, 0.25) is 0 Å². The predicted molar refractivity (Wildman–Crippen MR) is 67.7 cm³/mol. The van der Waals surface area contributed by atoms with Crippen LogP contribution in [0.4, 0.5) is 0 Å². The third-order valence-electron chi connectivity index (χ3n) is 3.06. The Morgan fingerprint density at radius 2 is 2.07 bits per heavy atom. The van der Waals surface area contributed by atoms with E-state index in [0.29, 0.717) is 6.04 Å². The maximum absolute atomic E-state index is 3.60. The Morgan fingerprint density at radius 3 is 2.80 bits per heavy atom. The first-order valence-electron chi connectivity index (χ1n) is 5.70. The summed E-state index contributed by atoms with van der Waals surface area (Å²) < 4.78 is 0. The molecule has 1 N–H and O–H groups in total. The van der Waals surface area contributed by atoms with Gasteiger partial charge < -0.3 is 5.32 Å². The molecule has 1 nitrogen and oxygen atoms in total. The number of rotatable bonds is 2. The Balaban J connectivity index is 2.45. The highest BCUT2D eigenvalue weighted by Gasteiger charge is 2.22. The molecular formula is C13H19NS. The van der Waals surface area contributed by atoms with Gasteiger partial charge in [-0.05, 0) is 49.3 Å². The maximum atomic E-state index is 3.60. The van der Waals surface area contributed by atoms with E-state index in [0.717, 1.165) is 6.54 Å². The Labute approximate surface area is 96.7 Å². The van der Waals surface area contributed by atoms with Gasteiger partial charge in [0, 0.05) is 10.9 Å². The highest BCUT2D eigenvalue weighted by molar-refractivity contribution is 7.99. The molecule has 1 aromatic rings. The summed E-state index contributed by atoms with van der Waals surface area (Å²) in [6.07, 6.45) is 1.26. The summed E-state index contributed by atoms with van der Waals surface area (Å²) in [5, 5.41) is 3.60. The van der Waals surface area contributed by atoms with Gasteiger partial charge in [-0.1, -0.05) is 19.1 Å². The average molecular weight is 221 g/mol. The van der Waals surface area contributed by atoms with Gasteiger partial charge in [-0.3, -0.25) is 0 Å². The molecule has 1 aliphatic heterocycles. The van der Waals surface area contributed by atoms with Crippen molar-refractivity contribution in [3.8, 4) is 0 Å². The molecule has 1 aliphatic rings. The molecule has 1 atom stereocenters. The number of thioether (sulfide) groups is 1. The van der Waals surface area contributed by atoms with Gasteiger partial charge in [0.05, 0.1) is 0 Å². The SMILES string of the molecule is CCNC1CCSc2c(C)ccc(C)c21. The van der Waals surface area contributed by atoms with Crippen LogP contribution in [0.1, 0.15) is 36.1 Å². The molecule has 0 saturated carbocycles. The molecule has 0 bridgehead atoms. The predicted octanol–water partition coefficient (Wildman–Crippen LogP) is 3.45. The lowest BCUT2D eigenvalue weighted by Gasteiger charge is -2.28. The molecule has 0 saturated heterocycles. The second-order valence-electron chi connectivity index (χ2n) is 4.19. The average Bonchev–Trinajstić information content (AvgIpc) is 2.24. The monoisotopic (exact) mass is 221 g/mol. The fraction of sp³-hybridized carbons (Fsp3) is 0.538. The van der Waals surface area contributed by atoms with Crippen LogP contribution in [0.15, 0.2) is 17.0 Å². The van der Waals surface area contributed by atoms with Crippen LogP contribution < -0.4 is 5.32 Å². The van der Waals surface area contributed by atoms with Crippen LogP contribution in [0.25, 0.3) is 0 Å². The minimum Gasteiger partial charge on any atom is -0.310 e. The summed E-state index contributed by atoms with van der Waals surface area (Å²) in [5.74, 6) is 1.25. The zero-order valence-corrected chi connectivity index (χ0v) is 10.6. The molecule has 2 rings (SSSR count). The molecule has 1 aromatic carbocycles. The van der Waals surface area contributed by atoms with Crippen LogP contribution in [0.3, 0.4) is 0 Å². The Morgan fingerprint density at radius 1 is 1.33 bits per heavy atom. The van der Waals surface area contributed by atoms with Crippen LogP contribution in [0.5, 0.6) is 0 Å². The van der Waals surface area contributed by atoms with E-state index >= 15 is 0 Å². The molecule has 2 heteroatoms. The van der Waals surface area contributed by atoms with Crippen LogP contribution in [0, 0.1) is 13.8 Å². The second-order valence-corrected chi connectivity index (χ2v) is 5.29. The van der Waals surface area contributed by atoms with Gasteiger partial charge >= 0.3 is 0 Å². The minimum absolute atomic E-state index is 0.575. The first-order valence-corrected chi connectivity index (χ1v) is 6.69. The van der Waals surface area contributed by atoms with Gasteiger partial charge in [-0.15, -0.1) is 11.8 Å². The van der Waals surface area contributed by atoms with Gasteiger partial charge in [0.15, 0.2) is 0 Å². The molecule has 15 heavy (non-hydrogen) atoms. The smallest absolute Gasteiger partial charge is 0.0341 e. The summed E-state index contributed by atoms with van der Waals surface area (Å²) in [5.41, 5.74) is 4.42. The zero-order chi connectivity index (χ0) is 10.8. The van der Waals surface area contributed by atoms with Crippen molar-refractivity contribution in [1.29, 1.82) is 0 Å². The number of benzene rings is 1. The lowest BCUT2D eigenvalue weighted by molar-refractivity contribution is 0.524. The lowest BCUT2D eigenvalue weighted by Crippen LogP contribution is -2.25. The van der Waals surface area contributed by atoms with E-state index in [1.54, 1.807) is 5.56 Å². The van der Waals surface area contributed by atoms with Crippen molar-refractivity contribution in [3.05, 3.63) is 28.8 Å². The van der Waals surface area contributed by atoms with Crippen molar-refractivity contribution in [1.82, 2.24) is 5.32 Å². The molecule has 1 unspecified atom stereocenters. The Kier molecular flexibility index (Phi) is 3.37. The van der Waals surface area contributed by atoms with E-state index in [2.05, 4.69) is 38.2 Å². The standard InChI is InChI=1S/C13H19NS/c1-4-14-11-7-8-15-13-10(3)6-5-9(2)12(11)13/h5-6,11,14H,4,7-8H2,1-3H3. The summed E-state index contributed by atoms with van der Waals surface area (Å²) in [6, 6.07) is 5.08. The van der Waals surface area contributed by atoms with Gasteiger partial charge in [-0.2, -0.15) is 0 Å². The van der Waals surface area contributed by atoms with Crippen molar-refractivity contribution in [2.45, 2.75) is 38.1 Å². The molecule has 82 valence electrons. The van der Waals surface area contributed by atoms with Crippen molar-refractivity contribution in [2.75, 3.05) is 12.3 Å². The molecular weight excluding hydrogens is 202 g/mol.